The van der Waals surface area contributed by atoms with Gasteiger partial charge in [-0.3, -0.25) is 4.79 Å². The van der Waals surface area contributed by atoms with E-state index in [0.29, 0.717) is 38.5 Å². The third-order valence-corrected chi connectivity index (χ3v) is 5.91. The van der Waals surface area contributed by atoms with E-state index in [1.54, 1.807) is 11.8 Å². The van der Waals surface area contributed by atoms with Gasteiger partial charge in [-0.15, -0.1) is 10.2 Å². The van der Waals surface area contributed by atoms with Gasteiger partial charge in [-0.2, -0.15) is 9.61 Å². The van der Waals surface area contributed by atoms with Crippen LogP contribution in [0.3, 0.4) is 0 Å². The zero-order valence-corrected chi connectivity index (χ0v) is 16.2. The molecule has 0 bridgehead atoms. The summed E-state index contributed by atoms with van der Waals surface area (Å²) in [5, 5.41) is 16.9. The van der Waals surface area contributed by atoms with Crippen molar-refractivity contribution in [2.45, 2.75) is 57.4 Å². The minimum atomic E-state index is -0.267. The van der Waals surface area contributed by atoms with E-state index in [9.17, 15) is 9.59 Å². The molecule has 4 rings (SSSR count). The third-order valence-electron chi connectivity index (χ3n) is 4.95. The second-order valence-corrected chi connectivity index (χ2v) is 8.09. The van der Waals surface area contributed by atoms with Gasteiger partial charge in [0.2, 0.25) is 10.9 Å². The van der Waals surface area contributed by atoms with Crippen molar-refractivity contribution in [3.63, 3.8) is 0 Å². The Morgan fingerprint density at radius 3 is 2.70 bits per heavy atom. The summed E-state index contributed by atoms with van der Waals surface area (Å²) < 4.78 is 6.85. The molecule has 2 amide bonds. The monoisotopic (exact) mass is 392 g/mol. The Labute approximate surface area is 161 Å². The van der Waals surface area contributed by atoms with Crippen molar-refractivity contribution in [1.29, 1.82) is 0 Å². The van der Waals surface area contributed by atoms with Gasteiger partial charge in [-0.25, -0.2) is 4.79 Å². The zero-order chi connectivity index (χ0) is 18.8. The number of piperidine rings is 1. The van der Waals surface area contributed by atoms with Crippen molar-refractivity contribution in [2.75, 3.05) is 19.7 Å². The molecule has 0 radical (unpaired) electrons. The molecule has 1 saturated carbocycles. The first kappa shape index (κ1) is 18.1. The van der Waals surface area contributed by atoms with Crippen LogP contribution in [0.15, 0.2) is 0 Å². The number of carbonyl (C=O) groups is 2. The van der Waals surface area contributed by atoms with E-state index in [2.05, 4.69) is 20.6 Å². The number of hydrogen-bond donors (Lipinski definition) is 1. The van der Waals surface area contributed by atoms with Crippen molar-refractivity contribution in [1.82, 2.24) is 30.0 Å². The Hall–Kier alpha value is -2.23. The highest BCUT2D eigenvalue weighted by Crippen LogP contribution is 2.39. The van der Waals surface area contributed by atoms with Crippen molar-refractivity contribution < 1.29 is 14.3 Å². The van der Waals surface area contributed by atoms with Crippen molar-refractivity contribution in [3.05, 3.63) is 10.8 Å². The quantitative estimate of drug-likeness (QED) is 0.803. The van der Waals surface area contributed by atoms with Crippen LogP contribution in [0.2, 0.25) is 0 Å². The first-order valence-corrected chi connectivity index (χ1v) is 10.4. The fraction of sp³-hybridized carbons (Fsp3) is 0.706. The number of amides is 2. The van der Waals surface area contributed by atoms with Crippen LogP contribution in [0.25, 0.3) is 4.96 Å². The number of aryl methyl sites for hydroxylation is 1. The Bertz CT molecular complexity index is 822. The molecule has 1 aliphatic carbocycles. The van der Waals surface area contributed by atoms with Crippen LogP contribution in [0.5, 0.6) is 0 Å². The van der Waals surface area contributed by atoms with Crippen LogP contribution < -0.4 is 5.32 Å². The highest BCUT2D eigenvalue weighted by Gasteiger charge is 2.30. The summed E-state index contributed by atoms with van der Waals surface area (Å²) in [7, 11) is 0. The first-order chi connectivity index (χ1) is 13.1. The minimum absolute atomic E-state index is 0.0259. The Morgan fingerprint density at radius 1 is 1.22 bits per heavy atom. The molecule has 2 aromatic rings. The second-order valence-electron chi connectivity index (χ2n) is 7.05. The molecule has 27 heavy (non-hydrogen) atoms. The van der Waals surface area contributed by atoms with Gasteiger partial charge in [0.1, 0.15) is 5.01 Å². The van der Waals surface area contributed by atoms with E-state index in [-0.39, 0.29) is 18.0 Å². The van der Waals surface area contributed by atoms with Crippen molar-refractivity contribution in [3.8, 4) is 0 Å². The van der Waals surface area contributed by atoms with Gasteiger partial charge in [-0.1, -0.05) is 11.3 Å². The maximum Gasteiger partial charge on any atom is 0.409 e. The van der Waals surface area contributed by atoms with E-state index in [1.807, 2.05) is 4.52 Å². The smallest absolute Gasteiger partial charge is 0.409 e. The molecule has 1 N–H and O–H groups in total. The normalized spacial score (nSPS) is 18.0. The average molecular weight is 392 g/mol. The number of ether oxygens (including phenoxy) is 1. The number of nitrogens with zero attached hydrogens (tertiary/aromatic N) is 5. The second kappa shape index (κ2) is 7.79. The summed E-state index contributed by atoms with van der Waals surface area (Å²) in [6.07, 6.45) is 4.57. The predicted molar refractivity (Wildman–Crippen MR) is 98.7 cm³/mol. The predicted octanol–water partition coefficient (Wildman–Crippen LogP) is 1.73. The molecule has 2 aliphatic rings. The van der Waals surface area contributed by atoms with Crippen molar-refractivity contribution in [2.24, 2.45) is 0 Å². The standard InChI is InChI=1S/C17H24N6O3S/c1-2-26-17(25)22-9-7-12(8-10-22)18-13(24)5-6-14-21-23-15(11-3-4-11)19-20-16(23)27-14/h11-12H,2-10H2,1H3,(H,18,24). The Balaban J connectivity index is 1.23. The summed E-state index contributed by atoms with van der Waals surface area (Å²) in [6.45, 7) is 3.41. The van der Waals surface area contributed by atoms with E-state index in [0.717, 1.165) is 41.5 Å². The maximum atomic E-state index is 12.3. The topological polar surface area (TPSA) is 102 Å². The van der Waals surface area contributed by atoms with Crippen LogP contribution in [0, 0.1) is 0 Å². The summed E-state index contributed by atoms with van der Waals surface area (Å²) >= 11 is 1.50. The van der Waals surface area contributed by atoms with Gasteiger partial charge < -0.3 is 15.0 Å². The van der Waals surface area contributed by atoms with E-state index >= 15 is 0 Å². The molecule has 0 unspecified atom stereocenters. The highest BCUT2D eigenvalue weighted by molar-refractivity contribution is 7.16. The molecular weight excluding hydrogens is 368 g/mol. The summed E-state index contributed by atoms with van der Waals surface area (Å²) in [5.41, 5.74) is 0. The van der Waals surface area contributed by atoms with Gasteiger partial charge in [0.05, 0.1) is 6.61 Å². The number of carbonyl (C=O) groups excluding carboxylic acids is 2. The van der Waals surface area contributed by atoms with Crippen LogP contribution >= 0.6 is 11.3 Å². The SMILES string of the molecule is CCOC(=O)N1CCC(NC(=O)CCc2nn3c(C4CC4)nnc3s2)CC1. The largest absolute Gasteiger partial charge is 0.450 e. The van der Waals surface area contributed by atoms with Gasteiger partial charge in [0, 0.05) is 37.9 Å². The van der Waals surface area contributed by atoms with Crippen LogP contribution in [0.1, 0.15) is 55.8 Å². The van der Waals surface area contributed by atoms with Gasteiger partial charge in [0.25, 0.3) is 0 Å². The van der Waals surface area contributed by atoms with Gasteiger partial charge in [0.15, 0.2) is 5.82 Å². The molecule has 3 heterocycles. The lowest BCUT2D eigenvalue weighted by atomic mass is 10.1. The molecule has 0 spiro atoms. The van der Waals surface area contributed by atoms with Crippen LogP contribution in [-0.2, 0) is 16.0 Å². The molecule has 146 valence electrons. The molecular formula is C17H24N6O3S. The van der Waals surface area contributed by atoms with Gasteiger partial charge in [-0.05, 0) is 32.6 Å². The third kappa shape index (κ3) is 4.20. The number of aromatic nitrogens is 4. The lowest BCUT2D eigenvalue weighted by Gasteiger charge is -2.31. The van der Waals surface area contributed by atoms with E-state index in [4.69, 9.17) is 4.74 Å². The molecule has 1 saturated heterocycles. The lowest BCUT2D eigenvalue weighted by molar-refractivity contribution is -0.122. The number of hydrogen-bond acceptors (Lipinski definition) is 7. The number of rotatable bonds is 6. The molecule has 0 aromatic carbocycles. The highest BCUT2D eigenvalue weighted by atomic mass is 32.1. The maximum absolute atomic E-state index is 12.3. The fourth-order valence-corrected chi connectivity index (χ4v) is 4.15. The van der Waals surface area contributed by atoms with E-state index < -0.39 is 0 Å². The Kier molecular flexibility index (Phi) is 5.24. The van der Waals surface area contributed by atoms with Crippen LogP contribution in [-0.4, -0.2) is 62.5 Å². The fourth-order valence-electron chi connectivity index (χ4n) is 3.31. The molecule has 2 fully saturated rings. The molecule has 9 nitrogen and oxygen atoms in total. The van der Waals surface area contributed by atoms with Crippen molar-refractivity contribution >= 4 is 28.3 Å². The molecule has 1 aliphatic heterocycles. The number of likely N-dealkylation sites (tertiary alicyclic amines) is 1. The summed E-state index contributed by atoms with van der Waals surface area (Å²) in [5.74, 6) is 1.47. The molecule has 2 aromatic heterocycles. The lowest BCUT2D eigenvalue weighted by Crippen LogP contribution is -2.46. The summed E-state index contributed by atoms with van der Waals surface area (Å²) in [4.78, 5) is 26.5. The Morgan fingerprint density at radius 2 is 2.00 bits per heavy atom. The zero-order valence-electron chi connectivity index (χ0n) is 15.4. The van der Waals surface area contributed by atoms with Gasteiger partial charge >= 0.3 is 6.09 Å². The summed E-state index contributed by atoms with van der Waals surface area (Å²) in [6, 6.07) is 0.113. The van der Waals surface area contributed by atoms with E-state index in [1.165, 1.54) is 11.3 Å². The minimum Gasteiger partial charge on any atom is -0.450 e. The first-order valence-electron chi connectivity index (χ1n) is 9.56. The number of fused-ring (bicyclic) bond motifs is 1. The number of nitrogens with one attached hydrogen (secondary N) is 1. The average Bonchev–Trinajstić information content (AvgIpc) is 3.30. The molecule has 0 atom stereocenters. The molecule has 10 heteroatoms. The van der Waals surface area contributed by atoms with Crippen LogP contribution in [0.4, 0.5) is 4.79 Å².